The van der Waals surface area contributed by atoms with Crippen LogP contribution in [0.5, 0.6) is 0 Å². The molecular formula is C10H12F4O3Si. The van der Waals surface area contributed by atoms with Crippen molar-refractivity contribution >= 4 is 9.53 Å². The van der Waals surface area contributed by atoms with Crippen LogP contribution in [-0.2, 0) is 19.7 Å². The fourth-order valence-electron chi connectivity index (χ4n) is 1.30. The van der Waals surface area contributed by atoms with Crippen molar-refractivity contribution in [2.24, 2.45) is 0 Å². The Hall–Kier alpha value is -0.963. The highest BCUT2D eigenvalue weighted by Gasteiger charge is 2.19. The van der Waals surface area contributed by atoms with Crippen molar-refractivity contribution in [1.29, 1.82) is 0 Å². The number of hydrogen-bond acceptors (Lipinski definition) is 3. The zero-order valence-corrected chi connectivity index (χ0v) is 11.0. The van der Waals surface area contributed by atoms with Crippen LogP contribution in [0.3, 0.4) is 0 Å². The van der Waals surface area contributed by atoms with E-state index in [1.54, 1.807) is 0 Å². The van der Waals surface area contributed by atoms with E-state index in [1.807, 2.05) is 0 Å². The first-order valence-corrected chi connectivity index (χ1v) is 6.41. The second-order valence-corrected chi connectivity index (χ2v) is 5.19. The average Bonchev–Trinajstić information content (AvgIpc) is 2.38. The van der Waals surface area contributed by atoms with Crippen molar-refractivity contribution in [2.45, 2.75) is 6.42 Å². The van der Waals surface area contributed by atoms with E-state index in [4.69, 9.17) is 13.3 Å². The van der Waals surface area contributed by atoms with Crippen molar-refractivity contribution in [3.8, 4) is 0 Å². The van der Waals surface area contributed by atoms with Crippen molar-refractivity contribution in [3.63, 3.8) is 0 Å². The summed E-state index contributed by atoms with van der Waals surface area (Å²) < 4.78 is 66.4. The van der Waals surface area contributed by atoms with Crippen LogP contribution >= 0.6 is 0 Å². The molecule has 0 spiro atoms. The van der Waals surface area contributed by atoms with Gasteiger partial charge in [-0.05, 0) is 18.1 Å². The zero-order valence-electron chi connectivity index (χ0n) is 9.81. The van der Waals surface area contributed by atoms with Gasteiger partial charge in [-0.1, -0.05) is 0 Å². The van der Waals surface area contributed by atoms with E-state index >= 15 is 0 Å². The van der Waals surface area contributed by atoms with Crippen LogP contribution in [0.1, 0.15) is 5.56 Å². The van der Waals surface area contributed by atoms with Crippen LogP contribution in [0.2, 0.25) is 0 Å². The number of hydrogen-bond donors (Lipinski definition) is 0. The summed E-state index contributed by atoms with van der Waals surface area (Å²) in [5.41, 5.74) is -0.300. The Kier molecular flexibility index (Phi) is 5.73. The van der Waals surface area contributed by atoms with E-state index in [1.165, 1.54) is 14.2 Å². The summed E-state index contributed by atoms with van der Waals surface area (Å²) in [5.74, 6) is -6.49. The summed E-state index contributed by atoms with van der Waals surface area (Å²) >= 11 is 0. The molecule has 0 atom stereocenters. The summed E-state index contributed by atoms with van der Waals surface area (Å²) in [5, 5.41) is 0. The van der Waals surface area contributed by atoms with Gasteiger partial charge in [0.05, 0.1) is 0 Å². The predicted octanol–water partition coefficient (Wildman–Crippen LogP) is 1.81. The third-order valence-corrected chi connectivity index (χ3v) is 3.47. The molecule has 0 unspecified atom stereocenters. The highest BCUT2D eigenvalue weighted by atomic mass is 28.3. The molecule has 1 rings (SSSR count). The maximum atomic E-state index is 13.2. The van der Waals surface area contributed by atoms with Crippen LogP contribution in [0.25, 0.3) is 0 Å². The molecule has 1 aromatic rings. The Bertz CT molecular complexity index is 413. The van der Waals surface area contributed by atoms with E-state index in [2.05, 4.69) is 0 Å². The lowest BCUT2D eigenvalue weighted by molar-refractivity contribution is 0.136. The molecule has 8 heteroatoms. The van der Waals surface area contributed by atoms with Gasteiger partial charge in [-0.3, -0.25) is 0 Å². The Labute approximate surface area is 103 Å². The molecule has 0 saturated carbocycles. The number of rotatable bonds is 6. The molecule has 0 aliphatic carbocycles. The largest absolute Gasteiger partial charge is 0.483 e. The zero-order chi connectivity index (χ0) is 13.7. The van der Waals surface area contributed by atoms with Crippen molar-refractivity contribution < 1.29 is 30.8 Å². The summed E-state index contributed by atoms with van der Waals surface area (Å²) in [6.45, 7) is -0.0417. The molecule has 102 valence electrons. The highest BCUT2D eigenvalue weighted by molar-refractivity contribution is 6.36. The normalized spacial score (nSPS) is 11.3. The molecule has 1 aromatic carbocycles. The molecule has 3 nitrogen and oxygen atoms in total. The first-order chi connectivity index (χ1) is 8.51. The van der Waals surface area contributed by atoms with Gasteiger partial charge in [-0.25, -0.2) is 17.6 Å². The van der Waals surface area contributed by atoms with E-state index in [9.17, 15) is 17.6 Å². The molecule has 0 saturated heterocycles. The van der Waals surface area contributed by atoms with Gasteiger partial charge in [0.25, 0.3) is 0 Å². The van der Waals surface area contributed by atoms with Gasteiger partial charge in [0.15, 0.2) is 23.3 Å². The Morgan fingerprint density at radius 3 is 2.17 bits per heavy atom. The van der Waals surface area contributed by atoms with Crippen LogP contribution in [0.4, 0.5) is 17.6 Å². The summed E-state index contributed by atoms with van der Waals surface area (Å²) in [6.07, 6.45) is -0.115. The summed E-state index contributed by atoms with van der Waals surface area (Å²) in [4.78, 5) is 0. The first-order valence-electron chi connectivity index (χ1n) is 5.00. The molecule has 0 N–H and O–H groups in total. The van der Waals surface area contributed by atoms with E-state index in [0.717, 1.165) is 0 Å². The maximum absolute atomic E-state index is 13.2. The topological polar surface area (TPSA) is 27.7 Å². The Morgan fingerprint density at radius 1 is 1.00 bits per heavy atom. The van der Waals surface area contributed by atoms with E-state index in [0.29, 0.717) is 6.07 Å². The molecule has 0 aliphatic rings. The minimum Gasteiger partial charge on any atom is -0.379 e. The first kappa shape index (κ1) is 15.1. The van der Waals surface area contributed by atoms with Gasteiger partial charge in [-0.2, -0.15) is 0 Å². The van der Waals surface area contributed by atoms with Crippen LogP contribution in [-0.4, -0.2) is 30.4 Å². The molecule has 0 heterocycles. The Balaban J connectivity index is 2.68. The monoisotopic (exact) mass is 284 g/mol. The second-order valence-electron chi connectivity index (χ2n) is 3.34. The molecule has 18 heavy (non-hydrogen) atoms. The lowest BCUT2D eigenvalue weighted by Crippen LogP contribution is -2.25. The fraction of sp³-hybridized carbons (Fsp3) is 0.400. The van der Waals surface area contributed by atoms with Crippen molar-refractivity contribution in [3.05, 3.63) is 34.9 Å². The molecule has 0 radical (unpaired) electrons. The predicted molar refractivity (Wildman–Crippen MR) is 57.1 cm³/mol. The third kappa shape index (κ3) is 3.51. The Morgan fingerprint density at radius 2 is 1.61 bits per heavy atom. The molecule has 0 bridgehead atoms. The van der Waals surface area contributed by atoms with Gasteiger partial charge in [-0.15, -0.1) is 0 Å². The van der Waals surface area contributed by atoms with Crippen molar-refractivity contribution in [2.75, 3.05) is 20.8 Å². The lowest BCUT2D eigenvalue weighted by Gasteiger charge is -2.12. The van der Waals surface area contributed by atoms with E-state index in [-0.39, 0.29) is 18.6 Å². The lowest BCUT2D eigenvalue weighted by atomic mass is 10.1. The van der Waals surface area contributed by atoms with Gasteiger partial charge < -0.3 is 13.3 Å². The van der Waals surface area contributed by atoms with Gasteiger partial charge >= 0.3 is 9.53 Å². The second kappa shape index (κ2) is 6.83. The minimum absolute atomic E-state index is 0.0417. The molecule has 0 aromatic heterocycles. The maximum Gasteiger partial charge on any atom is 0.483 e. The van der Waals surface area contributed by atoms with Crippen LogP contribution < -0.4 is 0 Å². The van der Waals surface area contributed by atoms with Crippen LogP contribution in [0.15, 0.2) is 6.07 Å². The van der Waals surface area contributed by atoms with E-state index < -0.39 is 32.8 Å². The molecular weight excluding hydrogens is 272 g/mol. The van der Waals surface area contributed by atoms with Crippen LogP contribution in [0, 0.1) is 23.3 Å². The smallest absolute Gasteiger partial charge is 0.379 e. The standard InChI is InChI=1S/C10H12F4O3Si/c1-15-18(16-2)17-4-3-6-5-7(11)9(13)10(14)8(6)12/h5,18H,3-4H2,1-2H3. The average molecular weight is 284 g/mol. The third-order valence-electron chi connectivity index (χ3n) is 2.19. The molecule has 0 fully saturated rings. The summed E-state index contributed by atoms with van der Waals surface area (Å²) in [6, 6.07) is 0.604. The minimum atomic E-state index is -2.27. The molecule has 0 aliphatic heterocycles. The summed E-state index contributed by atoms with van der Waals surface area (Å²) in [7, 11) is 0.507. The SMILES string of the molecule is CO[SiH](OC)OCCc1cc(F)c(F)c(F)c1F. The number of benzene rings is 1. The number of halogens is 4. The quantitative estimate of drug-likeness (QED) is 0.345. The van der Waals surface area contributed by atoms with Gasteiger partial charge in [0, 0.05) is 20.8 Å². The van der Waals surface area contributed by atoms with Gasteiger partial charge in [0.2, 0.25) is 0 Å². The highest BCUT2D eigenvalue weighted by Crippen LogP contribution is 2.19. The van der Waals surface area contributed by atoms with Crippen molar-refractivity contribution in [1.82, 2.24) is 0 Å². The fourth-order valence-corrected chi connectivity index (χ4v) is 2.08. The van der Waals surface area contributed by atoms with Gasteiger partial charge in [0.1, 0.15) is 0 Å². The molecule has 0 amide bonds.